The highest BCUT2D eigenvalue weighted by molar-refractivity contribution is 7.14. The standard InChI is InChI=1S/C14H10F3N5OS2/c1-6-2-7(12-21-10(5-25-12)14(15,16)17)8(3-19-6)13-20-9(4-24-13)11(23)22-18/h2-5H,18H2,1H3,(H,22,23). The second kappa shape index (κ2) is 6.50. The number of pyridine rings is 1. The highest BCUT2D eigenvalue weighted by atomic mass is 32.1. The number of hydrogen-bond acceptors (Lipinski definition) is 7. The molecule has 0 unspecified atom stereocenters. The number of carbonyl (C=O) groups excluding carboxylic acids is 1. The van der Waals surface area contributed by atoms with E-state index in [0.717, 1.165) is 28.1 Å². The Balaban J connectivity index is 2.09. The van der Waals surface area contributed by atoms with Crippen LogP contribution in [0.25, 0.3) is 21.1 Å². The van der Waals surface area contributed by atoms with Crippen molar-refractivity contribution in [1.29, 1.82) is 0 Å². The van der Waals surface area contributed by atoms with E-state index in [-0.39, 0.29) is 10.7 Å². The number of aryl methyl sites for hydroxylation is 1. The Labute approximate surface area is 147 Å². The third kappa shape index (κ3) is 3.52. The van der Waals surface area contributed by atoms with E-state index in [0.29, 0.717) is 21.8 Å². The van der Waals surface area contributed by atoms with Crippen LogP contribution in [0.1, 0.15) is 21.9 Å². The first-order chi connectivity index (χ1) is 11.8. The van der Waals surface area contributed by atoms with E-state index in [2.05, 4.69) is 15.0 Å². The van der Waals surface area contributed by atoms with Gasteiger partial charge in [0.25, 0.3) is 5.91 Å². The van der Waals surface area contributed by atoms with E-state index in [1.54, 1.807) is 13.0 Å². The van der Waals surface area contributed by atoms with Gasteiger partial charge in [-0.3, -0.25) is 15.2 Å². The molecule has 1 amide bonds. The van der Waals surface area contributed by atoms with Crippen molar-refractivity contribution >= 4 is 28.6 Å². The maximum atomic E-state index is 12.8. The van der Waals surface area contributed by atoms with Gasteiger partial charge in [-0.15, -0.1) is 22.7 Å². The maximum Gasteiger partial charge on any atom is 0.434 e. The van der Waals surface area contributed by atoms with Crippen molar-refractivity contribution in [2.24, 2.45) is 5.84 Å². The number of hydrazine groups is 1. The minimum absolute atomic E-state index is 0.115. The van der Waals surface area contributed by atoms with Gasteiger partial charge in [0.15, 0.2) is 5.69 Å². The SMILES string of the molecule is Cc1cc(-c2nc(C(F)(F)F)cs2)c(-c2nc(C(=O)NN)cs2)cn1. The summed E-state index contributed by atoms with van der Waals surface area (Å²) in [6.45, 7) is 1.72. The highest BCUT2D eigenvalue weighted by Gasteiger charge is 2.34. The van der Waals surface area contributed by atoms with Crippen LogP contribution in [0.3, 0.4) is 0 Å². The van der Waals surface area contributed by atoms with Crippen LogP contribution in [0.15, 0.2) is 23.0 Å². The number of nitrogens with one attached hydrogen (secondary N) is 1. The van der Waals surface area contributed by atoms with Crippen molar-refractivity contribution in [2.45, 2.75) is 13.1 Å². The fraction of sp³-hybridized carbons (Fsp3) is 0.143. The lowest BCUT2D eigenvalue weighted by Crippen LogP contribution is -2.30. The van der Waals surface area contributed by atoms with Crippen LogP contribution < -0.4 is 11.3 Å². The molecule has 0 spiro atoms. The molecule has 130 valence electrons. The van der Waals surface area contributed by atoms with Crippen LogP contribution in [0.2, 0.25) is 0 Å². The molecule has 11 heteroatoms. The Morgan fingerprint density at radius 3 is 2.48 bits per heavy atom. The van der Waals surface area contributed by atoms with Crippen LogP contribution in [0, 0.1) is 6.92 Å². The van der Waals surface area contributed by atoms with Crippen LogP contribution in [-0.4, -0.2) is 20.9 Å². The number of carbonyl (C=O) groups is 1. The number of alkyl halides is 3. The predicted molar refractivity (Wildman–Crippen MR) is 87.8 cm³/mol. The lowest BCUT2D eigenvalue weighted by molar-refractivity contribution is -0.140. The Bertz CT molecular complexity index is 935. The third-order valence-corrected chi connectivity index (χ3v) is 4.92. The first kappa shape index (κ1) is 17.5. The molecule has 0 fully saturated rings. The zero-order chi connectivity index (χ0) is 18.2. The topological polar surface area (TPSA) is 93.8 Å². The quantitative estimate of drug-likeness (QED) is 0.410. The highest BCUT2D eigenvalue weighted by Crippen LogP contribution is 2.38. The van der Waals surface area contributed by atoms with Gasteiger partial charge in [-0.2, -0.15) is 13.2 Å². The minimum Gasteiger partial charge on any atom is -0.289 e. The van der Waals surface area contributed by atoms with E-state index in [1.807, 2.05) is 5.43 Å². The lowest BCUT2D eigenvalue weighted by Gasteiger charge is -2.06. The van der Waals surface area contributed by atoms with Crippen LogP contribution in [0.4, 0.5) is 13.2 Å². The molecule has 0 aliphatic carbocycles. The zero-order valence-electron chi connectivity index (χ0n) is 12.6. The Morgan fingerprint density at radius 1 is 1.16 bits per heavy atom. The van der Waals surface area contributed by atoms with Crippen LogP contribution in [-0.2, 0) is 6.18 Å². The Hall–Kier alpha value is -2.37. The second-order valence-corrected chi connectivity index (χ2v) is 6.63. The Morgan fingerprint density at radius 2 is 1.84 bits per heavy atom. The van der Waals surface area contributed by atoms with Crippen molar-refractivity contribution in [3.63, 3.8) is 0 Å². The summed E-state index contributed by atoms with van der Waals surface area (Å²) >= 11 is 2.04. The average Bonchev–Trinajstić information content (AvgIpc) is 3.23. The molecule has 0 bridgehead atoms. The van der Waals surface area contributed by atoms with Gasteiger partial charge in [0.1, 0.15) is 15.7 Å². The maximum absolute atomic E-state index is 12.8. The molecule has 25 heavy (non-hydrogen) atoms. The smallest absolute Gasteiger partial charge is 0.289 e. The van der Waals surface area contributed by atoms with Crippen LogP contribution in [0.5, 0.6) is 0 Å². The van der Waals surface area contributed by atoms with Gasteiger partial charge in [-0.1, -0.05) is 0 Å². The largest absolute Gasteiger partial charge is 0.434 e. The number of rotatable bonds is 3. The molecule has 3 heterocycles. The summed E-state index contributed by atoms with van der Waals surface area (Å²) in [5, 5.41) is 3.10. The van der Waals surface area contributed by atoms with Gasteiger partial charge < -0.3 is 0 Å². The number of hydrogen-bond donors (Lipinski definition) is 2. The number of amides is 1. The normalized spacial score (nSPS) is 11.6. The molecule has 0 atom stereocenters. The van der Waals surface area contributed by atoms with E-state index in [1.165, 1.54) is 11.6 Å². The number of halogens is 3. The van der Waals surface area contributed by atoms with Crippen molar-refractivity contribution in [3.8, 4) is 21.1 Å². The molecule has 6 nitrogen and oxygen atoms in total. The number of aromatic nitrogens is 3. The zero-order valence-corrected chi connectivity index (χ0v) is 14.2. The van der Waals surface area contributed by atoms with Gasteiger partial charge in [-0.25, -0.2) is 15.8 Å². The molecule has 0 radical (unpaired) electrons. The Kier molecular flexibility index (Phi) is 4.54. The summed E-state index contributed by atoms with van der Waals surface area (Å²) in [6, 6.07) is 1.64. The molecular formula is C14H10F3N5OS2. The first-order valence-electron chi connectivity index (χ1n) is 6.76. The molecular weight excluding hydrogens is 375 g/mol. The van der Waals surface area contributed by atoms with Crippen molar-refractivity contribution in [1.82, 2.24) is 20.4 Å². The minimum atomic E-state index is -4.51. The summed E-state index contributed by atoms with van der Waals surface area (Å²) in [5.41, 5.74) is 2.74. The summed E-state index contributed by atoms with van der Waals surface area (Å²) in [5.74, 6) is 4.52. The van der Waals surface area contributed by atoms with Gasteiger partial charge in [-0.05, 0) is 13.0 Å². The number of nitrogens with zero attached hydrogens (tertiary/aromatic N) is 3. The summed E-state index contributed by atoms with van der Waals surface area (Å²) in [7, 11) is 0. The van der Waals surface area contributed by atoms with E-state index >= 15 is 0 Å². The molecule has 3 aromatic heterocycles. The van der Waals surface area contributed by atoms with Gasteiger partial charge >= 0.3 is 6.18 Å². The van der Waals surface area contributed by atoms with Gasteiger partial charge in [0, 0.05) is 33.8 Å². The predicted octanol–water partition coefficient (Wildman–Crippen LogP) is 3.26. The summed E-state index contributed by atoms with van der Waals surface area (Å²) < 4.78 is 38.4. The van der Waals surface area contributed by atoms with E-state index in [4.69, 9.17) is 5.84 Å². The number of thiazole rings is 2. The van der Waals surface area contributed by atoms with Gasteiger partial charge in [0.2, 0.25) is 0 Å². The number of nitrogen functional groups attached to an aromatic ring is 1. The van der Waals surface area contributed by atoms with E-state index < -0.39 is 17.8 Å². The molecule has 3 N–H and O–H groups in total. The molecule has 0 aliphatic rings. The summed E-state index contributed by atoms with van der Waals surface area (Å²) in [4.78, 5) is 23.5. The first-order valence-corrected chi connectivity index (χ1v) is 8.52. The average molecular weight is 385 g/mol. The molecule has 0 aliphatic heterocycles. The molecule has 3 rings (SSSR count). The molecule has 0 saturated heterocycles. The monoisotopic (exact) mass is 385 g/mol. The fourth-order valence-corrected chi connectivity index (χ4v) is 3.69. The molecule has 0 saturated carbocycles. The van der Waals surface area contributed by atoms with Crippen molar-refractivity contribution in [2.75, 3.05) is 0 Å². The van der Waals surface area contributed by atoms with Crippen molar-refractivity contribution in [3.05, 3.63) is 40.1 Å². The van der Waals surface area contributed by atoms with Gasteiger partial charge in [0.05, 0.1) is 0 Å². The lowest BCUT2D eigenvalue weighted by atomic mass is 10.1. The van der Waals surface area contributed by atoms with Crippen LogP contribution >= 0.6 is 22.7 Å². The van der Waals surface area contributed by atoms with E-state index in [9.17, 15) is 18.0 Å². The molecule has 3 aromatic rings. The van der Waals surface area contributed by atoms with Crippen molar-refractivity contribution < 1.29 is 18.0 Å². The summed E-state index contributed by atoms with van der Waals surface area (Å²) in [6.07, 6.45) is -3.01. The second-order valence-electron chi connectivity index (χ2n) is 4.92. The fourth-order valence-electron chi connectivity index (χ4n) is 2.01. The number of nitrogens with two attached hydrogens (primary N) is 1. The molecule has 0 aromatic carbocycles. The third-order valence-electron chi connectivity index (χ3n) is 3.16.